The molecule has 0 bridgehead atoms. The second kappa shape index (κ2) is 6.10. The Balaban J connectivity index is 2.09. The highest BCUT2D eigenvalue weighted by Crippen LogP contribution is 2.21. The van der Waals surface area contributed by atoms with Gasteiger partial charge in [0.15, 0.2) is 0 Å². The lowest BCUT2D eigenvalue weighted by Crippen LogP contribution is -2.11. The Morgan fingerprint density at radius 1 is 1.20 bits per heavy atom. The molecule has 0 heterocycles. The number of hydrogen-bond donors (Lipinski definition) is 2. The molecule has 2 rings (SSSR count). The van der Waals surface area contributed by atoms with Gasteiger partial charge in [-0.25, -0.2) is 0 Å². The van der Waals surface area contributed by atoms with E-state index < -0.39 is 0 Å². The molecule has 0 saturated heterocycles. The van der Waals surface area contributed by atoms with Crippen LogP contribution in [0.15, 0.2) is 42.5 Å². The van der Waals surface area contributed by atoms with Crippen molar-refractivity contribution >= 4 is 11.6 Å². The molecule has 0 radical (unpaired) electrons. The lowest BCUT2D eigenvalue weighted by molar-refractivity contribution is 0.102. The fraction of sp³-hybridized carbons (Fsp3) is 0.188. The number of hydrogen-bond acceptors (Lipinski definition) is 3. The molecule has 0 aliphatic rings. The lowest BCUT2D eigenvalue weighted by Gasteiger charge is -2.08. The highest BCUT2D eigenvalue weighted by Gasteiger charge is 2.07. The first-order chi connectivity index (χ1) is 9.60. The van der Waals surface area contributed by atoms with Crippen LogP contribution in [0.3, 0.4) is 0 Å². The van der Waals surface area contributed by atoms with Gasteiger partial charge < -0.3 is 15.2 Å². The average molecular weight is 271 g/mol. The van der Waals surface area contributed by atoms with E-state index in [2.05, 4.69) is 5.32 Å². The number of rotatable bonds is 4. The number of anilines is 1. The van der Waals surface area contributed by atoms with E-state index in [0.29, 0.717) is 17.9 Å². The van der Waals surface area contributed by atoms with E-state index in [-0.39, 0.29) is 11.7 Å². The number of phenolic OH excluding ortho intramolecular Hbond substituents is 1. The van der Waals surface area contributed by atoms with Crippen molar-refractivity contribution in [2.75, 3.05) is 11.9 Å². The van der Waals surface area contributed by atoms with E-state index in [9.17, 15) is 9.90 Å². The highest BCUT2D eigenvalue weighted by atomic mass is 16.5. The monoisotopic (exact) mass is 271 g/mol. The summed E-state index contributed by atoms with van der Waals surface area (Å²) in [6.45, 7) is 4.29. The Hall–Kier alpha value is -2.49. The van der Waals surface area contributed by atoms with Crippen molar-refractivity contribution in [1.29, 1.82) is 0 Å². The molecular formula is C16H17NO3. The Labute approximate surface area is 118 Å². The maximum atomic E-state index is 12.1. The van der Waals surface area contributed by atoms with Crippen LogP contribution in [0.4, 0.5) is 5.69 Å². The number of carbonyl (C=O) groups excluding carboxylic acids is 1. The van der Waals surface area contributed by atoms with Gasteiger partial charge in [0.05, 0.1) is 6.61 Å². The van der Waals surface area contributed by atoms with Crippen molar-refractivity contribution in [3.63, 3.8) is 0 Å². The molecular weight excluding hydrogens is 254 g/mol. The molecule has 2 N–H and O–H groups in total. The molecule has 20 heavy (non-hydrogen) atoms. The van der Waals surface area contributed by atoms with Crippen molar-refractivity contribution < 1.29 is 14.6 Å². The summed E-state index contributed by atoms with van der Waals surface area (Å²) >= 11 is 0. The summed E-state index contributed by atoms with van der Waals surface area (Å²) in [6, 6.07) is 11.9. The summed E-state index contributed by atoms with van der Waals surface area (Å²) in [5, 5.41) is 12.2. The third kappa shape index (κ3) is 3.29. The van der Waals surface area contributed by atoms with E-state index in [1.807, 2.05) is 6.92 Å². The number of carbonyl (C=O) groups is 1. The van der Waals surface area contributed by atoms with E-state index in [0.717, 1.165) is 11.3 Å². The molecule has 4 nitrogen and oxygen atoms in total. The van der Waals surface area contributed by atoms with Crippen LogP contribution >= 0.6 is 0 Å². The van der Waals surface area contributed by atoms with Gasteiger partial charge in [-0.1, -0.05) is 0 Å². The van der Waals surface area contributed by atoms with Crippen molar-refractivity contribution in [2.45, 2.75) is 13.8 Å². The predicted molar refractivity (Wildman–Crippen MR) is 78.4 cm³/mol. The van der Waals surface area contributed by atoms with Gasteiger partial charge in [-0.15, -0.1) is 0 Å². The van der Waals surface area contributed by atoms with Crippen LogP contribution in [0, 0.1) is 6.92 Å². The number of phenols is 1. The average Bonchev–Trinajstić information content (AvgIpc) is 2.44. The Morgan fingerprint density at radius 2 is 1.90 bits per heavy atom. The third-order valence-electron chi connectivity index (χ3n) is 2.88. The van der Waals surface area contributed by atoms with Gasteiger partial charge in [0.25, 0.3) is 5.91 Å². The summed E-state index contributed by atoms with van der Waals surface area (Å²) in [5.41, 5.74) is 1.92. The topological polar surface area (TPSA) is 58.6 Å². The Morgan fingerprint density at radius 3 is 2.50 bits per heavy atom. The van der Waals surface area contributed by atoms with E-state index in [1.165, 1.54) is 0 Å². The second-order valence-electron chi connectivity index (χ2n) is 4.41. The van der Waals surface area contributed by atoms with Crippen molar-refractivity contribution in [3.8, 4) is 11.5 Å². The van der Waals surface area contributed by atoms with Gasteiger partial charge in [0.2, 0.25) is 0 Å². The molecule has 0 spiro atoms. The zero-order valence-electron chi connectivity index (χ0n) is 11.5. The highest BCUT2D eigenvalue weighted by molar-refractivity contribution is 6.04. The molecule has 1 amide bonds. The van der Waals surface area contributed by atoms with Crippen molar-refractivity contribution in [3.05, 3.63) is 53.6 Å². The zero-order chi connectivity index (χ0) is 14.5. The largest absolute Gasteiger partial charge is 0.508 e. The molecule has 0 aliphatic heterocycles. The molecule has 4 heteroatoms. The molecule has 2 aromatic carbocycles. The van der Waals surface area contributed by atoms with Gasteiger partial charge in [-0.3, -0.25) is 4.79 Å². The van der Waals surface area contributed by atoms with Gasteiger partial charge >= 0.3 is 0 Å². The Bertz CT molecular complexity index is 606. The first kappa shape index (κ1) is 13.9. The maximum absolute atomic E-state index is 12.1. The molecule has 2 aromatic rings. The number of nitrogens with one attached hydrogen (secondary N) is 1. The molecule has 0 unspecified atom stereocenters. The minimum absolute atomic E-state index is 0.196. The number of aryl methyl sites for hydroxylation is 1. The maximum Gasteiger partial charge on any atom is 0.255 e. The number of aromatic hydroxyl groups is 1. The van der Waals surface area contributed by atoms with Gasteiger partial charge in [0, 0.05) is 11.3 Å². The minimum Gasteiger partial charge on any atom is -0.508 e. The molecule has 0 aliphatic carbocycles. The normalized spacial score (nSPS) is 10.1. The fourth-order valence-corrected chi connectivity index (χ4v) is 1.81. The molecule has 0 atom stereocenters. The molecule has 104 valence electrons. The third-order valence-corrected chi connectivity index (χ3v) is 2.88. The summed E-state index contributed by atoms with van der Waals surface area (Å²) < 4.78 is 5.33. The quantitative estimate of drug-likeness (QED) is 0.838. The summed E-state index contributed by atoms with van der Waals surface area (Å²) in [4.78, 5) is 12.1. The van der Waals surface area contributed by atoms with Crippen molar-refractivity contribution in [1.82, 2.24) is 0 Å². The number of benzene rings is 2. The van der Waals surface area contributed by atoms with Crippen LogP contribution in [-0.2, 0) is 0 Å². The summed E-state index contributed by atoms with van der Waals surface area (Å²) in [5.74, 6) is 0.756. The van der Waals surface area contributed by atoms with Crippen LogP contribution in [0.5, 0.6) is 11.5 Å². The SMILES string of the molecule is CCOc1ccc(C(=O)Nc2ccc(O)c(C)c2)cc1. The molecule has 0 saturated carbocycles. The lowest BCUT2D eigenvalue weighted by atomic mass is 10.1. The number of ether oxygens (including phenoxy) is 1. The summed E-state index contributed by atoms with van der Waals surface area (Å²) in [6.07, 6.45) is 0. The number of amides is 1. The summed E-state index contributed by atoms with van der Waals surface area (Å²) in [7, 11) is 0. The van der Waals surface area contributed by atoms with Crippen LogP contribution in [-0.4, -0.2) is 17.6 Å². The Kier molecular flexibility index (Phi) is 4.25. The first-order valence-corrected chi connectivity index (χ1v) is 6.44. The van der Waals surface area contributed by atoms with Crippen LogP contribution in [0.1, 0.15) is 22.8 Å². The van der Waals surface area contributed by atoms with E-state index >= 15 is 0 Å². The second-order valence-corrected chi connectivity index (χ2v) is 4.41. The minimum atomic E-state index is -0.196. The smallest absolute Gasteiger partial charge is 0.255 e. The van der Waals surface area contributed by atoms with Gasteiger partial charge in [-0.05, 0) is 61.9 Å². The van der Waals surface area contributed by atoms with Gasteiger partial charge in [-0.2, -0.15) is 0 Å². The molecule has 0 aromatic heterocycles. The van der Waals surface area contributed by atoms with Crippen LogP contribution in [0.25, 0.3) is 0 Å². The van der Waals surface area contributed by atoms with Crippen LogP contribution in [0.2, 0.25) is 0 Å². The standard InChI is InChI=1S/C16H17NO3/c1-3-20-14-7-4-12(5-8-14)16(19)17-13-6-9-15(18)11(2)10-13/h4-10,18H,3H2,1-2H3,(H,17,19). The fourth-order valence-electron chi connectivity index (χ4n) is 1.81. The first-order valence-electron chi connectivity index (χ1n) is 6.44. The molecule has 0 fully saturated rings. The van der Waals surface area contributed by atoms with Crippen molar-refractivity contribution in [2.24, 2.45) is 0 Å². The van der Waals surface area contributed by atoms with Crippen LogP contribution < -0.4 is 10.1 Å². The van der Waals surface area contributed by atoms with E-state index in [4.69, 9.17) is 4.74 Å². The van der Waals surface area contributed by atoms with Gasteiger partial charge in [0.1, 0.15) is 11.5 Å². The predicted octanol–water partition coefficient (Wildman–Crippen LogP) is 3.35. The van der Waals surface area contributed by atoms with E-state index in [1.54, 1.807) is 49.4 Å². The zero-order valence-corrected chi connectivity index (χ0v) is 11.5.